The maximum atomic E-state index is 12.5. The minimum absolute atomic E-state index is 0.0687. The number of hydrogen-bond acceptors (Lipinski definition) is 6. The first-order chi connectivity index (χ1) is 14.8. The van der Waals surface area contributed by atoms with Crippen molar-refractivity contribution in [1.29, 1.82) is 0 Å². The Morgan fingerprint density at radius 1 is 1.03 bits per heavy atom. The smallest absolute Gasteiger partial charge is 0.265 e. The minimum Gasteiger partial charge on any atom is -0.487 e. The molecule has 0 saturated carbocycles. The van der Waals surface area contributed by atoms with Crippen molar-refractivity contribution in [3.63, 3.8) is 0 Å². The maximum absolute atomic E-state index is 12.5. The number of thiocarbonyl (C=S) groups is 1. The van der Waals surface area contributed by atoms with Gasteiger partial charge in [-0.25, -0.2) is 0 Å². The van der Waals surface area contributed by atoms with Gasteiger partial charge in [-0.05, 0) is 98.9 Å². The fraction of sp³-hybridized carbons (Fsp3) is 0.190. The van der Waals surface area contributed by atoms with Gasteiger partial charge in [-0.1, -0.05) is 6.07 Å². The summed E-state index contributed by atoms with van der Waals surface area (Å²) in [5.41, 5.74) is 1.76. The predicted octanol–water partition coefficient (Wildman–Crippen LogP) is 3.80. The zero-order valence-electron chi connectivity index (χ0n) is 16.5. The van der Waals surface area contributed by atoms with Crippen LogP contribution in [0.5, 0.6) is 17.2 Å². The fourth-order valence-corrected chi connectivity index (χ4v) is 5.42. The van der Waals surface area contributed by atoms with E-state index in [1.165, 1.54) is 9.80 Å². The summed E-state index contributed by atoms with van der Waals surface area (Å²) in [6, 6.07) is 9.45. The Balaban J connectivity index is 1.56. The van der Waals surface area contributed by atoms with Crippen molar-refractivity contribution < 1.29 is 23.8 Å². The first-order valence-corrected chi connectivity index (χ1v) is 11.6. The molecule has 0 atom stereocenters. The van der Waals surface area contributed by atoms with Crippen LogP contribution in [-0.4, -0.2) is 47.6 Å². The SMILES string of the molecule is CN1C(=O)C(=Cc2cc(I)c(OCc3ccc4c(c3)OCO4)c(I)c2)C(=O)N(C)C1=S. The Bertz CT molecular complexity index is 1100. The van der Waals surface area contributed by atoms with E-state index < -0.39 is 11.8 Å². The lowest BCUT2D eigenvalue weighted by Gasteiger charge is -2.31. The van der Waals surface area contributed by atoms with Gasteiger partial charge in [-0.15, -0.1) is 0 Å². The number of nitrogens with zero attached hydrogens (tertiary/aromatic N) is 2. The average molecular weight is 662 g/mol. The van der Waals surface area contributed by atoms with Gasteiger partial charge < -0.3 is 14.2 Å². The summed E-state index contributed by atoms with van der Waals surface area (Å²) in [7, 11) is 3.12. The number of carbonyl (C=O) groups is 2. The molecule has 2 aliphatic rings. The van der Waals surface area contributed by atoms with E-state index in [-0.39, 0.29) is 17.5 Å². The predicted molar refractivity (Wildman–Crippen MR) is 135 cm³/mol. The van der Waals surface area contributed by atoms with E-state index in [1.54, 1.807) is 20.2 Å². The van der Waals surface area contributed by atoms with Crippen molar-refractivity contribution in [2.75, 3.05) is 20.9 Å². The molecule has 2 aromatic rings. The molecule has 0 N–H and O–H groups in total. The van der Waals surface area contributed by atoms with Gasteiger partial charge in [0.2, 0.25) is 6.79 Å². The number of amides is 2. The van der Waals surface area contributed by atoms with Crippen LogP contribution in [-0.2, 0) is 16.2 Å². The lowest BCUT2D eigenvalue weighted by atomic mass is 10.1. The Morgan fingerprint density at radius 3 is 2.29 bits per heavy atom. The Labute approximate surface area is 211 Å². The number of halogens is 2. The molecule has 0 aromatic heterocycles. The molecule has 0 unspecified atom stereocenters. The number of rotatable bonds is 4. The van der Waals surface area contributed by atoms with Gasteiger partial charge in [0.05, 0.1) is 7.14 Å². The molecule has 160 valence electrons. The van der Waals surface area contributed by atoms with E-state index in [9.17, 15) is 9.59 Å². The molecule has 0 radical (unpaired) electrons. The summed E-state index contributed by atoms with van der Waals surface area (Å²) >= 11 is 9.50. The summed E-state index contributed by atoms with van der Waals surface area (Å²) in [4.78, 5) is 27.7. The van der Waals surface area contributed by atoms with E-state index in [4.69, 9.17) is 26.4 Å². The molecule has 2 amide bonds. The number of likely N-dealkylation sites (N-methyl/N-ethyl adjacent to an activating group) is 2. The van der Waals surface area contributed by atoms with Crippen molar-refractivity contribution in [2.24, 2.45) is 0 Å². The van der Waals surface area contributed by atoms with Crippen molar-refractivity contribution in [3.8, 4) is 17.2 Å². The van der Waals surface area contributed by atoms with Gasteiger partial charge in [-0.3, -0.25) is 19.4 Å². The molecule has 0 spiro atoms. The molecule has 31 heavy (non-hydrogen) atoms. The van der Waals surface area contributed by atoms with E-state index in [0.29, 0.717) is 12.4 Å². The van der Waals surface area contributed by atoms with Crippen molar-refractivity contribution >= 4 is 80.4 Å². The van der Waals surface area contributed by atoms with Crippen LogP contribution in [0.4, 0.5) is 0 Å². The quantitative estimate of drug-likeness (QED) is 0.215. The normalized spacial score (nSPS) is 15.6. The topological polar surface area (TPSA) is 68.3 Å². The molecule has 2 aromatic carbocycles. The van der Waals surface area contributed by atoms with E-state index in [2.05, 4.69) is 45.2 Å². The van der Waals surface area contributed by atoms with Crippen LogP contribution < -0.4 is 14.2 Å². The van der Waals surface area contributed by atoms with Gasteiger partial charge in [0.15, 0.2) is 16.6 Å². The first-order valence-electron chi connectivity index (χ1n) is 9.08. The van der Waals surface area contributed by atoms with Crippen molar-refractivity contribution in [3.05, 3.63) is 54.2 Å². The van der Waals surface area contributed by atoms with Crippen LogP contribution in [0.3, 0.4) is 0 Å². The number of ether oxygens (including phenoxy) is 3. The molecule has 10 heteroatoms. The molecule has 0 aliphatic carbocycles. The van der Waals surface area contributed by atoms with Crippen LogP contribution >= 0.6 is 57.4 Å². The molecule has 7 nitrogen and oxygen atoms in total. The zero-order valence-corrected chi connectivity index (χ0v) is 21.6. The second-order valence-corrected chi connectivity index (χ2v) is 9.55. The lowest BCUT2D eigenvalue weighted by Crippen LogP contribution is -2.52. The number of benzene rings is 2. The summed E-state index contributed by atoms with van der Waals surface area (Å²) in [6.07, 6.45) is 1.59. The van der Waals surface area contributed by atoms with Gasteiger partial charge >= 0.3 is 0 Å². The minimum atomic E-state index is -0.416. The average Bonchev–Trinajstić information content (AvgIpc) is 3.21. The summed E-state index contributed by atoms with van der Waals surface area (Å²) < 4.78 is 18.5. The van der Waals surface area contributed by atoms with Crippen LogP contribution in [0.2, 0.25) is 0 Å². The summed E-state index contributed by atoms with van der Waals surface area (Å²) in [6.45, 7) is 0.599. The third kappa shape index (κ3) is 4.37. The van der Waals surface area contributed by atoms with Gasteiger partial charge in [-0.2, -0.15) is 0 Å². The highest BCUT2D eigenvalue weighted by atomic mass is 127. The highest BCUT2D eigenvalue weighted by Crippen LogP contribution is 2.34. The van der Waals surface area contributed by atoms with Crippen LogP contribution in [0, 0.1) is 7.14 Å². The second-order valence-electron chi connectivity index (χ2n) is 6.86. The fourth-order valence-electron chi connectivity index (χ4n) is 3.13. The van der Waals surface area contributed by atoms with Gasteiger partial charge in [0.1, 0.15) is 17.9 Å². The molecule has 4 rings (SSSR count). The van der Waals surface area contributed by atoms with Gasteiger partial charge in [0.25, 0.3) is 11.8 Å². The second kappa shape index (κ2) is 8.90. The summed E-state index contributed by atoms with van der Waals surface area (Å²) in [5.74, 6) is 1.35. The molecular formula is C21H16I2N2O5S. The summed E-state index contributed by atoms with van der Waals surface area (Å²) in [5, 5.41) is 0.184. The van der Waals surface area contributed by atoms with Crippen molar-refractivity contribution in [2.45, 2.75) is 6.61 Å². The molecule has 1 fully saturated rings. The molecular weight excluding hydrogens is 646 g/mol. The molecule has 2 heterocycles. The van der Waals surface area contributed by atoms with E-state index >= 15 is 0 Å². The Kier molecular flexibility index (Phi) is 6.40. The number of fused-ring (bicyclic) bond motifs is 1. The Hall–Kier alpha value is -1.93. The lowest BCUT2D eigenvalue weighted by molar-refractivity contribution is -0.132. The van der Waals surface area contributed by atoms with Gasteiger partial charge in [0, 0.05) is 14.1 Å². The Morgan fingerprint density at radius 2 is 1.65 bits per heavy atom. The number of carbonyl (C=O) groups excluding carboxylic acids is 2. The largest absolute Gasteiger partial charge is 0.487 e. The highest BCUT2D eigenvalue weighted by molar-refractivity contribution is 14.1. The molecule has 1 saturated heterocycles. The van der Waals surface area contributed by atoms with Crippen LogP contribution in [0.25, 0.3) is 6.08 Å². The molecule has 2 aliphatic heterocycles. The van der Waals surface area contributed by atoms with Crippen molar-refractivity contribution in [1.82, 2.24) is 9.80 Å². The molecule has 0 bridgehead atoms. The third-order valence-corrected chi connectivity index (χ3v) is 6.95. The maximum Gasteiger partial charge on any atom is 0.265 e. The number of hydrogen-bond donors (Lipinski definition) is 0. The third-order valence-electron chi connectivity index (χ3n) is 4.80. The van der Waals surface area contributed by atoms with E-state index in [1.807, 2.05) is 30.3 Å². The highest BCUT2D eigenvalue weighted by Gasteiger charge is 2.35. The van der Waals surface area contributed by atoms with Crippen LogP contribution in [0.1, 0.15) is 11.1 Å². The monoisotopic (exact) mass is 662 g/mol. The first kappa shape index (κ1) is 22.3. The zero-order chi connectivity index (χ0) is 22.3. The van der Waals surface area contributed by atoms with E-state index in [0.717, 1.165) is 29.8 Å². The standard InChI is InChI=1S/C21H16I2N2O5S/c1-24-19(26)13(20(27)25(2)21(24)31)5-12-6-14(22)18(15(23)7-12)28-9-11-3-4-16-17(8-11)30-10-29-16/h3-8H,9-10H2,1-2H3. The van der Waals surface area contributed by atoms with Crippen LogP contribution in [0.15, 0.2) is 35.9 Å².